The number of benzene rings is 8. The van der Waals surface area contributed by atoms with Gasteiger partial charge in [-0.3, -0.25) is 0 Å². The van der Waals surface area contributed by atoms with Crippen LogP contribution < -0.4 is 31.8 Å². The number of alkyl halides is 26. The Morgan fingerprint density at radius 2 is 0.417 bits per heavy atom. The summed E-state index contributed by atoms with van der Waals surface area (Å²) in [6, 6.07) is 30.5. The summed E-state index contributed by atoms with van der Waals surface area (Å²) in [5.74, 6) is -79.8. The van der Waals surface area contributed by atoms with Crippen LogP contribution in [0.25, 0.3) is 32.7 Å². The van der Waals surface area contributed by atoms with E-state index in [0.717, 1.165) is 12.1 Å². The molecule has 0 saturated heterocycles. The van der Waals surface area contributed by atoms with Crippen LogP contribution in [-0.2, 0) is 11.8 Å². The van der Waals surface area contributed by atoms with Gasteiger partial charge in [0, 0.05) is 11.1 Å². The van der Waals surface area contributed by atoms with Crippen molar-refractivity contribution in [3.05, 3.63) is 193 Å². The van der Waals surface area contributed by atoms with Gasteiger partial charge >= 0.3 is 71.6 Å². The van der Waals surface area contributed by atoms with E-state index in [0.29, 0.717) is 36.4 Å². The van der Waals surface area contributed by atoms with Crippen LogP contribution in [0.15, 0.2) is 182 Å². The second kappa shape index (κ2) is 21.1. The van der Waals surface area contributed by atoms with Crippen molar-refractivity contribution in [2.75, 3.05) is 0 Å². The summed E-state index contributed by atoms with van der Waals surface area (Å²) in [6.45, 7) is 0. The van der Waals surface area contributed by atoms with Crippen molar-refractivity contribution in [3.63, 3.8) is 0 Å². The van der Waals surface area contributed by atoms with Crippen LogP contribution in [0.5, 0.6) is 0 Å². The number of hydrogen-bond acceptors (Lipinski definition) is 0. The van der Waals surface area contributed by atoms with Gasteiger partial charge in [0.1, 0.15) is 0 Å². The summed E-state index contributed by atoms with van der Waals surface area (Å²) in [5, 5.41) is -7.14. The zero-order chi connectivity index (χ0) is 62.5. The van der Waals surface area contributed by atoms with Gasteiger partial charge in [0.05, 0.1) is 0 Å². The van der Waals surface area contributed by atoms with Gasteiger partial charge in [-0.25, -0.2) is 0 Å². The normalized spacial score (nSPS) is 14.3. The van der Waals surface area contributed by atoms with Crippen LogP contribution in [0.3, 0.4) is 0 Å². The number of hydrogen-bond donors (Lipinski definition) is 0. The molecular weight excluding hydrogens is 1230 g/mol. The van der Waals surface area contributed by atoms with Crippen molar-refractivity contribution in [2.45, 2.75) is 71.6 Å². The van der Waals surface area contributed by atoms with Crippen molar-refractivity contribution in [3.8, 4) is 11.1 Å². The van der Waals surface area contributed by atoms with E-state index in [1.54, 1.807) is 0 Å². The molecule has 0 amide bonds. The molecule has 0 aliphatic rings. The first-order valence-corrected chi connectivity index (χ1v) is 26.1. The lowest BCUT2D eigenvalue weighted by molar-refractivity contribution is -0.441. The van der Waals surface area contributed by atoms with Crippen LogP contribution in [0.2, 0.25) is 0 Å². The molecule has 0 aliphatic carbocycles. The highest BCUT2D eigenvalue weighted by Gasteiger charge is 2.92. The van der Waals surface area contributed by atoms with Gasteiger partial charge in [0.25, 0.3) is 0 Å². The maximum atomic E-state index is 17.2. The summed E-state index contributed by atoms with van der Waals surface area (Å²) >= 11 is 0. The Kier molecular flexibility index (Phi) is 15.9. The van der Waals surface area contributed by atoms with Crippen molar-refractivity contribution >= 4 is 69.2 Å². The van der Waals surface area contributed by atoms with Crippen molar-refractivity contribution in [1.29, 1.82) is 0 Å². The molecule has 0 spiro atoms. The first-order chi connectivity index (χ1) is 38.6. The van der Waals surface area contributed by atoms with Gasteiger partial charge in [-0.15, -0.1) is 0 Å². The fraction of sp³-hybridized carbons (Fsp3) is 0.214. The third kappa shape index (κ3) is 9.50. The molecule has 84 heavy (non-hydrogen) atoms. The van der Waals surface area contributed by atoms with E-state index in [9.17, 15) is 61.5 Å². The summed E-state index contributed by atoms with van der Waals surface area (Å²) in [5.41, 5.74) is -6.54. The van der Waals surface area contributed by atoms with Gasteiger partial charge in [0.15, 0.2) is 0 Å². The third-order valence-corrected chi connectivity index (χ3v) is 18.3. The average Bonchev–Trinajstić information content (AvgIpc) is 0.739. The van der Waals surface area contributed by atoms with Crippen LogP contribution in [0, 0.1) is 0 Å². The average molecular weight is 1260 g/mol. The SMILES string of the molecule is FC(F)(F)C(F)(F)C(F)(F)C(F)(F)C(F)(F)C(F)(F)c1cc(P(c2ccccc2)c2ccccc2)c(-c2c(P(c3ccccc3)c3ccccc3)cc(C(F)(F)C(F)(F)C(F)(F)C(F)(F)C(F)(F)C(F)(F)F)c3ccccc23)c2ccccc12. The highest BCUT2D eigenvalue weighted by Crippen LogP contribution is 2.65. The first-order valence-electron chi connectivity index (χ1n) is 23.5. The molecule has 0 N–H and O–H groups in total. The maximum Gasteiger partial charge on any atom is 0.460 e. The molecule has 0 atom stereocenters. The maximum absolute atomic E-state index is 17.2. The lowest BCUT2D eigenvalue weighted by atomic mass is 9.84. The highest BCUT2D eigenvalue weighted by molar-refractivity contribution is 7.80. The summed E-state index contributed by atoms with van der Waals surface area (Å²) < 4.78 is 393. The van der Waals surface area contributed by atoms with E-state index in [1.165, 1.54) is 121 Å². The molecule has 0 aliphatic heterocycles. The first kappa shape index (κ1) is 63.3. The second-order valence-corrected chi connectivity index (χ2v) is 22.9. The minimum absolute atomic E-state index is 0.0701. The van der Waals surface area contributed by atoms with Gasteiger partial charge in [-0.2, -0.15) is 114 Å². The topological polar surface area (TPSA) is 0 Å². The molecule has 0 bridgehead atoms. The summed E-state index contributed by atoms with van der Waals surface area (Å²) in [6.07, 6.45) is -15.6. The molecule has 0 heterocycles. The van der Waals surface area contributed by atoms with E-state index in [-0.39, 0.29) is 33.4 Å². The minimum Gasteiger partial charge on any atom is -0.194 e. The molecule has 0 saturated carbocycles. The number of fused-ring (bicyclic) bond motifs is 2. The van der Waals surface area contributed by atoms with Crippen LogP contribution in [0.1, 0.15) is 11.1 Å². The molecule has 8 aromatic carbocycles. The quantitative estimate of drug-likeness (QED) is 0.0630. The lowest BCUT2D eigenvalue weighted by Gasteiger charge is -2.40. The highest BCUT2D eigenvalue weighted by atomic mass is 31.1. The standard InChI is InChI=1S/C56H30F26P2/c57-45(58,47(61,62)49(65,66)51(69,70)53(73,74)55(77,78)79)39-29-41(83(31-17-5-1-6-18-31)32-19-7-2-8-20-32)43(37-27-15-13-25-35(37)39)44-38-28-16-14-26-36(38)40(30-42(44)84(33-21-9-3-10-22-33)34-23-11-4-12-24-34)46(59,60)48(63,64)50(67,68)52(71,72)54(75,76)56(80,81)82/h1-30H. The molecule has 0 nitrogen and oxygen atoms in total. The van der Waals surface area contributed by atoms with E-state index in [4.69, 9.17) is 0 Å². The van der Waals surface area contributed by atoms with Crippen molar-refractivity contribution in [2.24, 2.45) is 0 Å². The Morgan fingerprint density at radius 1 is 0.214 bits per heavy atom. The van der Waals surface area contributed by atoms with Crippen molar-refractivity contribution < 1.29 is 114 Å². The molecule has 0 radical (unpaired) electrons. The fourth-order valence-corrected chi connectivity index (χ4v) is 14.2. The van der Waals surface area contributed by atoms with E-state index < -0.39 is 142 Å². The molecule has 8 rings (SSSR count). The molecule has 0 unspecified atom stereocenters. The van der Waals surface area contributed by atoms with Gasteiger partial charge in [-0.1, -0.05) is 170 Å². The molecular formula is C56H30F26P2. The van der Waals surface area contributed by atoms with E-state index in [2.05, 4.69) is 0 Å². The van der Waals surface area contributed by atoms with Gasteiger partial charge in [-0.05, 0) is 92.5 Å². The Hall–Kier alpha value is -6.68. The smallest absolute Gasteiger partial charge is 0.194 e. The molecule has 8 aromatic rings. The van der Waals surface area contributed by atoms with E-state index >= 15 is 52.7 Å². The van der Waals surface area contributed by atoms with Crippen LogP contribution in [0.4, 0.5) is 114 Å². The van der Waals surface area contributed by atoms with Crippen LogP contribution >= 0.6 is 15.8 Å². The van der Waals surface area contributed by atoms with Crippen LogP contribution in [-0.4, -0.2) is 59.7 Å². The lowest BCUT2D eigenvalue weighted by Crippen LogP contribution is -2.69. The zero-order valence-electron chi connectivity index (χ0n) is 41.0. The molecule has 0 aromatic heterocycles. The molecule has 28 heteroatoms. The predicted molar refractivity (Wildman–Crippen MR) is 264 cm³/mol. The second-order valence-electron chi connectivity index (χ2n) is 18.5. The Morgan fingerprint density at radius 3 is 0.643 bits per heavy atom. The number of halogens is 26. The zero-order valence-corrected chi connectivity index (χ0v) is 42.8. The molecule has 446 valence electrons. The van der Waals surface area contributed by atoms with E-state index in [1.807, 2.05) is 0 Å². The minimum atomic E-state index is -8.38. The van der Waals surface area contributed by atoms with Gasteiger partial charge in [0.2, 0.25) is 0 Å². The summed E-state index contributed by atoms with van der Waals surface area (Å²) in [7, 11) is -5.86. The fourth-order valence-electron chi connectivity index (χ4n) is 9.16. The monoisotopic (exact) mass is 1260 g/mol. The predicted octanol–water partition coefficient (Wildman–Crippen LogP) is 17.6. The Balaban J connectivity index is 1.62. The summed E-state index contributed by atoms with van der Waals surface area (Å²) in [4.78, 5) is 0. The Labute approximate surface area is 458 Å². The Bertz CT molecular complexity index is 3360. The number of rotatable bonds is 17. The van der Waals surface area contributed by atoms with Crippen molar-refractivity contribution in [1.82, 2.24) is 0 Å². The van der Waals surface area contributed by atoms with Gasteiger partial charge < -0.3 is 0 Å². The largest absolute Gasteiger partial charge is 0.460 e. The molecule has 0 fully saturated rings. The third-order valence-electron chi connectivity index (χ3n) is 13.4.